The summed E-state index contributed by atoms with van der Waals surface area (Å²) in [6.07, 6.45) is 2.19. The van der Waals surface area contributed by atoms with E-state index in [1.807, 2.05) is 0 Å². The highest BCUT2D eigenvalue weighted by molar-refractivity contribution is 5.97. The number of hydrogen-bond donors (Lipinski definition) is 2. The summed E-state index contributed by atoms with van der Waals surface area (Å²) in [5.41, 5.74) is 6.46. The average molecular weight is 279 g/mol. The molecule has 1 fully saturated rings. The first-order valence-corrected chi connectivity index (χ1v) is 7.05. The van der Waals surface area contributed by atoms with Crippen LogP contribution in [0.4, 0.5) is 10.1 Å². The summed E-state index contributed by atoms with van der Waals surface area (Å²) in [4.78, 5) is 2.07. The summed E-state index contributed by atoms with van der Waals surface area (Å²) in [7, 11) is 0. The van der Waals surface area contributed by atoms with Gasteiger partial charge in [-0.1, -0.05) is 19.0 Å². The minimum Gasteiger partial charge on any atom is -0.409 e. The van der Waals surface area contributed by atoms with Gasteiger partial charge in [0.25, 0.3) is 0 Å². The van der Waals surface area contributed by atoms with Gasteiger partial charge in [0.05, 0.1) is 5.69 Å². The Morgan fingerprint density at radius 2 is 2.05 bits per heavy atom. The predicted octanol–water partition coefficient (Wildman–Crippen LogP) is 2.79. The van der Waals surface area contributed by atoms with Gasteiger partial charge in [-0.3, -0.25) is 0 Å². The lowest BCUT2D eigenvalue weighted by molar-refractivity contribution is 0.310. The molecule has 0 amide bonds. The van der Waals surface area contributed by atoms with Crippen molar-refractivity contribution in [1.82, 2.24) is 0 Å². The molecule has 0 aliphatic carbocycles. The Bertz CT molecular complexity index is 494. The summed E-state index contributed by atoms with van der Waals surface area (Å²) in [5, 5.41) is 11.5. The van der Waals surface area contributed by atoms with E-state index in [4.69, 9.17) is 10.9 Å². The quantitative estimate of drug-likeness (QED) is 0.387. The van der Waals surface area contributed by atoms with Crippen LogP contribution in [0.1, 0.15) is 32.3 Å². The second-order valence-corrected chi connectivity index (χ2v) is 5.72. The SMILES string of the molecule is CC(C)C1CCN(c2ccc(/C(N)=N/O)cc2F)CC1. The molecule has 1 aromatic rings. The van der Waals surface area contributed by atoms with Crippen LogP contribution in [0.3, 0.4) is 0 Å². The van der Waals surface area contributed by atoms with E-state index in [1.54, 1.807) is 12.1 Å². The fraction of sp³-hybridized carbons (Fsp3) is 0.533. The highest BCUT2D eigenvalue weighted by atomic mass is 19.1. The first kappa shape index (κ1) is 14.6. The van der Waals surface area contributed by atoms with E-state index in [1.165, 1.54) is 6.07 Å². The molecule has 2 rings (SSSR count). The van der Waals surface area contributed by atoms with Crippen molar-refractivity contribution in [3.8, 4) is 0 Å². The Morgan fingerprint density at radius 3 is 2.55 bits per heavy atom. The van der Waals surface area contributed by atoms with Crippen molar-refractivity contribution in [3.05, 3.63) is 29.6 Å². The molecule has 1 saturated heterocycles. The summed E-state index contributed by atoms with van der Waals surface area (Å²) in [6.45, 7) is 6.24. The number of oxime groups is 1. The van der Waals surface area contributed by atoms with E-state index in [9.17, 15) is 4.39 Å². The monoisotopic (exact) mass is 279 g/mol. The number of hydrogen-bond acceptors (Lipinski definition) is 3. The second kappa shape index (κ2) is 6.11. The topological polar surface area (TPSA) is 61.8 Å². The maximum Gasteiger partial charge on any atom is 0.170 e. The number of amidine groups is 1. The standard InChI is InChI=1S/C15H22FN3O/c1-10(2)11-5-7-19(8-6-11)14-4-3-12(9-13(14)16)15(17)18-20/h3-4,9-11,20H,5-8H2,1-2H3,(H2,17,18). The van der Waals surface area contributed by atoms with Gasteiger partial charge in [-0.2, -0.15) is 0 Å². The van der Waals surface area contributed by atoms with Crippen LogP contribution >= 0.6 is 0 Å². The molecule has 4 nitrogen and oxygen atoms in total. The number of nitrogens with zero attached hydrogens (tertiary/aromatic N) is 2. The van der Waals surface area contributed by atoms with Crippen molar-refractivity contribution in [3.63, 3.8) is 0 Å². The van der Waals surface area contributed by atoms with Crippen LogP contribution in [0.2, 0.25) is 0 Å². The van der Waals surface area contributed by atoms with Crippen LogP contribution in [-0.2, 0) is 0 Å². The molecule has 0 unspecified atom stereocenters. The van der Waals surface area contributed by atoms with Gasteiger partial charge in [-0.25, -0.2) is 4.39 Å². The first-order chi connectivity index (χ1) is 9.52. The Balaban J connectivity index is 2.11. The summed E-state index contributed by atoms with van der Waals surface area (Å²) >= 11 is 0. The molecule has 0 atom stereocenters. The lowest BCUT2D eigenvalue weighted by atomic mass is 9.86. The van der Waals surface area contributed by atoms with Gasteiger partial charge in [-0.05, 0) is 42.9 Å². The molecule has 5 heteroatoms. The average Bonchev–Trinajstić information content (AvgIpc) is 2.46. The minimum absolute atomic E-state index is 0.0750. The molecule has 0 aromatic heterocycles. The molecule has 0 saturated carbocycles. The molecule has 20 heavy (non-hydrogen) atoms. The number of rotatable bonds is 3. The molecule has 3 N–H and O–H groups in total. The van der Waals surface area contributed by atoms with Gasteiger partial charge >= 0.3 is 0 Å². The zero-order valence-electron chi connectivity index (χ0n) is 12.0. The third-order valence-corrected chi connectivity index (χ3v) is 4.17. The van der Waals surface area contributed by atoms with Crippen LogP contribution in [0, 0.1) is 17.7 Å². The molecule has 0 radical (unpaired) electrons. The van der Waals surface area contributed by atoms with Crippen LogP contribution in [-0.4, -0.2) is 24.1 Å². The van der Waals surface area contributed by atoms with Crippen molar-refractivity contribution in [2.45, 2.75) is 26.7 Å². The van der Waals surface area contributed by atoms with Gasteiger partial charge in [-0.15, -0.1) is 0 Å². The smallest absolute Gasteiger partial charge is 0.170 e. The van der Waals surface area contributed by atoms with Gasteiger partial charge in [0.1, 0.15) is 5.82 Å². The van der Waals surface area contributed by atoms with Crippen molar-refractivity contribution in [2.24, 2.45) is 22.7 Å². The highest BCUT2D eigenvalue weighted by Crippen LogP contribution is 2.29. The largest absolute Gasteiger partial charge is 0.409 e. The van der Waals surface area contributed by atoms with Crippen molar-refractivity contribution >= 4 is 11.5 Å². The number of benzene rings is 1. The maximum absolute atomic E-state index is 14.2. The second-order valence-electron chi connectivity index (χ2n) is 5.72. The third kappa shape index (κ3) is 3.03. The van der Waals surface area contributed by atoms with Gasteiger partial charge in [0.2, 0.25) is 0 Å². The van der Waals surface area contributed by atoms with Gasteiger partial charge < -0.3 is 15.8 Å². The van der Waals surface area contributed by atoms with Crippen LogP contribution in [0.5, 0.6) is 0 Å². The maximum atomic E-state index is 14.2. The molecule has 110 valence electrons. The van der Waals surface area contributed by atoms with E-state index in [2.05, 4.69) is 23.9 Å². The Morgan fingerprint density at radius 1 is 1.40 bits per heavy atom. The van der Waals surface area contributed by atoms with Gasteiger partial charge in [0, 0.05) is 18.7 Å². The molecular weight excluding hydrogens is 257 g/mol. The zero-order valence-corrected chi connectivity index (χ0v) is 12.0. The lowest BCUT2D eigenvalue weighted by Crippen LogP contribution is -2.35. The van der Waals surface area contributed by atoms with Crippen molar-refractivity contribution < 1.29 is 9.60 Å². The fourth-order valence-corrected chi connectivity index (χ4v) is 2.79. The third-order valence-electron chi connectivity index (χ3n) is 4.17. The van der Waals surface area contributed by atoms with Crippen LogP contribution in [0.15, 0.2) is 23.4 Å². The Labute approximate surface area is 119 Å². The van der Waals surface area contributed by atoms with Crippen LogP contribution < -0.4 is 10.6 Å². The molecule has 1 heterocycles. The van der Waals surface area contributed by atoms with E-state index in [0.717, 1.165) is 31.8 Å². The lowest BCUT2D eigenvalue weighted by Gasteiger charge is -2.35. The Kier molecular flexibility index (Phi) is 4.47. The first-order valence-electron chi connectivity index (χ1n) is 7.05. The molecule has 0 spiro atoms. The molecule has 1 aromatic carbocycles. The zero-order chi connectivity index (χ0) is 14.7. The van der Waals surface area contributed by atoms with E-state index in [-0.39, 0.29) is 11.7 Å². The fourth-order valence-electron chi connectivity index (χ4n) is 2.79. The number of nitrogens with two attached hydrogens (primary N) is 1. The number of halogens is 1. The normalized spacial score (nSPS) is 17.8. The van der Waals surface area contributed by atoms with Gasteiger partial charge in [0.15, 0.2) is 5.84 Å². The molecule has 0 bridgehead atoms. The van der Waals surface area contributed by atoms with Crippen molar-refractivity contribution in [2.75, 3.05) is 18.0 Å². The molecule has 1 aliphatic heterocycles. The van der Waals surface area contributed by atoms with E-state index in [0.29, 0.717) is 17.2 Å². The van der Waals surface area contributed by atoms with E-state index < -0.39 is 0 Å². The molecule has 1 aliphatic rings. The number of piperidine rings is 1. The Hall–Kier alpha value is -1.78. The summed E-state index contributed by atoms with van der Waals surface area (Å²) in [5.74, 6) is 1.02. The van der Waals surface area contributed by atoms with Crippen LogP contribution in [0.25, 0.3) is 0 Å². The van der Waals surface area contributed by atoms with Crippen molar-refractivity contribution in [1.29, 1.82) is 0 Å². The summed E-state index contributed by atoms with van der Waals surface area (Å²) < 4.78 is 14.2. The highest BCUT2D eigenvalue weighted by Gasteiger charge is 2.23. The minimum atomic E-state index is -0.322. The number of anilines is 1. The van der Waals surface area contributed by atoms with E-state index >= 15 is 0 Å². The predicted molar refractivity (Wildman–Crippen MR) is 78.7 cm³/mol. The summed E-state index contributed by atoms with van der Waals surface area (Å²) in [6, 6.07) is 4.71. The molecular formula is C15H22FN3O.